The first-order chi connectivity index (χ1) is 13.6. The number of quaternary nitrogens is 1. The molecule has 0 bridgehead atoms. The average molecular weight is 438 g/mol. The fourth-order valence-electron chi connectivity index (χ4n) is 3.28. The topological polar surface area (TPSA) is 66.4 Å². The zero-order valence-corrected chi connectivity index (χ0v) is 21.0. The zero-order chi connectivity index (χ0) is 22.4. The summed E-state index contributed by atoms with van der Waals surface area (Å²) in [7, 11) is 2.47. The van der Waals surface area contributed by atoms with Crippen molar-refractivity contribution in [3.8, 4) is 0 Å². The van der Waals surface area contributed by atoms with Crippen LogP contribution in [0.25, 0.3) is 0 Å². The predicted octanol–water partition coefficient (Wildman–Crippen LogP) is 6.44. The minimum absolute atomic E-state index is 0.0914. The third-order valence-electron chi connectivity index (χ3n) is 4.94. The Kier molecular flexibility index (Phi) is 22.5. The Balaban J connectivity index is 0. The summed E-state index contributed by atoms with van der Waals surface area (Å²) in [6.07, 6.45) is 23.4. The Labute approximate surface area is 183 Å². The number of rotatable bonds is 19. The summed E-state index contributed by atoms with van der Waals surface area (Å²) in [4.78, 5) is 0. The van der Waals surface area contributed by atoms with E-state index in [1.807, 2.05) is 0 Å². The van der Waals surface area contributed by atoms with Crippen LogP contribution in [0.15, 0.2) is 0 Å². The Morgan fingerprint density at radius 1 is 0.621 bits per heavy atom. The number of unbranched alkanes of at least 4 members (excludes halogenated alkanes) is 15. The molecule has 0 rings (SSSR count). The minimum Gasteiger partial charge on any atom is -0.726 e. The fraction of sp³-hybridized carbons (Fsp3) is 1.00. The van der Waals surface area contributed by atoms with E-state index >= 15 is 0 Å². The highest BCUT2D eigenvalue weighted by atomic mass is 32.3. The van der Waals surface area contributed by atoms with Crippen molar-refractivity contribution in [2.45, 2.75) is 117 Å². The van der Waals surface area contributed by atoms with Crippen molar-refractivity contribution in [2.24, 2.45) is 0 Å². The molecule has 0 unspecified atom stereocenters. The van der Waals surface area contributed by atoms with Gasteiger partial charge in [-0.05, 0) is 19.8 Å². The first kappa shape index (κ1) is 31.0. The van der Waals surface area contributed by atoms with Crippen molar-refractivity contribution in [3.05, 3.63) is 0 Å². The van der Waals surface area contributed by atoms with Crippen molar-refractivity contribution in [3.63, 3.8) is 0 Å². The quantitative estimate of drug-likeness (QED) is 0.101. The van der Waals surface area contributed by atoms with E-state index in [1.165, 1.54) is 116 Å². The maximum Gasteiger partial charge on any atom is 0.217 e. The van der Waals surface area contributed by atoms with E-state index in [9.17, 15) is 13.0 Å². The second kappa shape index (κ2) is 21.1. The summed E-state index contributed by atoms with van der Waals surface area (Å²) in [5.74, 6) is 0. The van der Waals surface area contributed by atoms with Gasteiger partial charge in [-0.15, -0.1) is 0 Å². The molecule has 0 saturated carbocycles. The van der Waals surface area contributed by atoms with E-state index in [0.717, 1.165) is 4.48 Å². The van der Waals surface area contributed by atoms with E-state index in [0.29, 0.717) is 0 Å². The summed E-state index contributed by atoms with van der Waals surface area (Å²) in [5.41, 5.74) is 0. The molecule has 0 fully saturated rings. The number of nitrogens with zero attached hydrogens (tertiary/aromatic N) is 1. The normalized spacial score (nSPS) is 11.9. The molecule has 6 heteroatoms. The molecule has 0 saturated heterocycles. The number of hydrogen-bond acceptors (Lipinski definition) is 4. The SMILES string of the molecule is CCCCCCCCCCCCCCCCCC[N+](C)(C)C.CCOS(=O)(=O)[O-]. The summed E-state index contributed by atoms with van der Waals surface area (Å²) in [6, 6.07) is 0. The van der Waals surface area contributed by atoms with Crippen LogP contribution in [0.3, 0.4) is 0 Å². The monoisotopic (exact) mass is 437 g/mol. The standard InChI is InChI=1S/C21H46N.C2H6O4S/c1-5-6-7-8-9-10-11-12-13-14-15-16-17-18-19-20-21-22(2,3)4;1-2-6-7(3,4)5/h5-21H2,1-4H3;2H2,1H3,(H,3,4,5)/q+1;/p-1. The van der Waals surface area contributed by atoms with Gasteiger partial charge >= 0.3 is 0 Å². The van der Waals surface area contributed by atoms with Crippen molar-refractivity contribution in [1.29, 1.82) is 0 Å². The fourth-order valence-corrected chi connectivity index (χ4v) is 3.57. The first-order valence-electron chi connectivity index (χ1n) is 12.0. The van der Waals surface area contributed by atoms with Gasteiger partial charge < -0.3 is 9.04 Å². The Morgan fingerprint density at radius 2 is 0.931 bits per heavy atom. The highest BCUT2D eigenvalue weighted by molar-refractivity contribution is 7.80. The molecule has 29 heavy (non-hydrogen) atoms. The van der Waals surface area contributed by atoms with Gasteiger partial charge in [0.2, 0.25) is 10.4 Å². The summed E-state index contributed by atoms with van der Waals surface area (Å²) in [5, 5.41) is 0. The predicted molar refractivity (Wildman–Crippen MR) is 124 cm³/mol. The maximum atomic E-state index is 9.45. The van der Waals surface area contributed by atoms with Gasteiger partial charge in [-0.2, -0.15) is 0 Å². The lowest BCUT2D eigenvalue weighted by atomic mass is 10.0. The molecule has 0 spiro atoms. The van der Waals surface area contributed by atoms with E-state index < -0.39 is 10.4 Å². The van der Waals surface area contributed by atoms with E-state index in [-0.39, 0.29) is 6.61 Å². The second-order valence-electron chi connectivity index (χ2n) is 9.13. The smallest absolute Gasteiger partial charge is 0.217 e. The molecular formula is C23H51NO4S. The van der Waals surface area contributed by atoms with E-state index in [1.54, 1.807) is 0 Å². The molecular weight excluding hydrogens is 386 g/mol. The van der Waals surface area contributed by atoms with Crippen molar-refractivity contribution >= 4 is 10.4 Å². The molecule has 0 radical (unpaired) electrons. The van der Waals surface area contributed by atoms with Crippen LogP contribution in [0.5, 0.6) is 0 Å². The van der Waals surface area contributed by atoms with Crippen LogP contribution in [-0.4, -0.2) is 51.7 Å². The molecule has 0 amide bonds. The van der Waals surface area contributed by atoms with Crippen LogP contribution in [-0.2, 0) is 14.6 Å². The maximum absolute atomic E-state index is 9.45. The third kappa shape index (κ3) is 35.6. The lowest BCUT2D eigenvalue weighted by Crippen LogP contribution is -2.35. The van der Waals surface area contributed by atoms with Gasteiger partial charge in [0, 0.05) is 0 Å². The van der Waals surface area contributed by atoms with Gasteiger partial charge in [0.25, 0.3) is 0 Å². The Morgan fingerprint density at radius 3 is 1.14 bits per heavy atom. The average Bonchev–Trinajstić information content (AvgIpc) is 2.60. The molecule has 0 aliphatic heterocycles. The van der Waals surface area contributed by atoms with Crippen LogP contribution >= 0.6 is 0 Å². The van der Waals surface area contributed by atoms with Crippen molar-refractivity contribution in [2.75, 3.05) is 34.3 Å². The van der Waals surface area contributed by atoms with Gasteiger partial charge in [0.15, 0.2) is 0 Å². The van der Waals surface area contributed by atoms with Crippen LogP contribution in [0.1, 0.15) is 117 Å². The van der Waals surface area contributed by atoms with E-state index in [2.05, 4.69) is 32.2 Å². The van der Waals surface area contributed by atoms with Gasteiger partial charge in [-0.1, -0.05) is 96.8 Å². The lowest BCUT2D eigenvalue weighted by Gasteiger charge is -2.23. The summed E-state index contributed by atoms with van der Waals surface area (Å²) < 4.78 is 33.1. The highest BCUT2D eigenvalue weighted by Gasteiger charge is 2.04. The van der Waals surface area contributed by atoms with Crippen molar-refractivity contribution < 1.29 is 21.6 Å². The molecule has 0 aliphatic carbocycles. The van der Waals surface area contributed by atoms with Gasteiger partial charge in [-0.25, -0.2) is 8.42 Å². The molecule has 0 aliphatic rings. The van der Waals surface area contributed by atoms with E-state index in [4.69, 9.17) is 0 Å². The van der Waals surface area contributed by atoms with Crippen LogP contribution < -0.4 is 0 Å². The zero-order valence-electron chi connectivity index (χ0n) is 20.2. The molecule has 0 aromatic heterocycles. The van der Waals surface area contributed by atoms with Crippen LogP contribution in [0.4, 0.5) is 0 Å². The van der Waals surface area contributed by atoms with Crippen LogP contribution in [0.2, 0.25) is 0 Å². The van der Waals surface area contributed by atoms with Gasteiger partial charge in [0.1, 0.15) is 0 Å². The summed E-state index contributed by atoms with van der Waals surface area (Å²) >= 11 is 0. The highest BCUT2D eigenvalue weighted by Crippen LogP contribution is 2.13. The lowest BCUT2D eigenvalue weighted by molar-refractivity contribution is -0.870. The Bertz CT molecular complexity index is 419. The second-order valence-corrected chi connectivity index (χ2v) is 10.2. The molecule has 5 nitrogen and oxygen atoms in total. The van der Waals surface area contributed by atoms with Gasteiger partial charge in [0.05, 0.1) is 34.3 Å². The molecule has 0 aromatic rings. The largest absolute Gasteiger partial charge is 0.726 e. The minimum atomic E-state index is -4.42. The third-order valence-corrected chi connectivity index (χ3v) is 5.47. The Hall–Kier alpha value is -0.170. The summed E-state index contributed by atoms with van der Waals surface area (Å²) in [6.45, 7) is 4.96. The van der Waals surface area contributed by atoms with Crippen LogP contribution in [0, 0.1) is 0 Å². The molecule has 178 valence electrons. The molecule has 0 aromatic carbocycles. The van der Waals surface area contributed by atoms with Crippen molar-refractivity contribution in [1.82, 2.24) is 0 Å². The molecule has 0 N–H and O–H groups in total. The van der Waals surface area contributed by atoms with Gasteiger partial charge in [-0.3, -0.25) is 4.18 Å². The number of hydrogen-bond donors (Lipinski definition) is 0. The molecule has 0 atom stereocenters. The molecule has 0 heterocycles. The first-order valence-corrected chi connectivity index (χ1v) is 13.4.